The lowest BCUT2D eigenvalue weighted by Crippen LogP contribution is -2.30. The van der Waals surface area contributed by atoms with Crippen LogP contribution in [0.25, 0.3) is 0 Å². The molecule has 0 bridgehead atoms. The van der Waals surface area contributed by atoms with Crippen LogP contribution in [0.4, 0.5) is 0 Å². The quantitative estimate of drug-likeness (QED) is 0.769. The molecule has 1 aliphatic heterocycles. The fourth-order valence-corrected chi connectivity index (χ4v) is 1.69. The van der Waals surface area contributed by atoms with Crippen molar-refractivity contribution in [3.05, 3.63) is 12.4 Å². The fourth-order valence-electron chi connectivity index (χ4n) is 1.69. The number of nitrogens with zero attached hydrogens (tertiary/aromatic N) is 2. The van der Waals surface area contributed by atoms with Crippen LogP contribution in [0.15, 0.2) is 12.4 Å². The molecule has 1 aliphatic rings. The molecule has 0 unspecified atom stereocenters. The monoisotopic (exact) mass is 262 g/mol. The van der Waals surface area contributed by atoms with Crippen molar-refractivity contribution in [2.24, 2.45) is 11.8 Å². The summed E-state index contributed by atoms with van der Waals surface area (Å²) in [6.45, 7) is 12.5. The van der Waals surface area contributed by atoms with Crippen LogP contribution in [0.5, 0.6) is 0 Å². The first-order valence-corrected chi connectivity index (χ1v) is 5.24. The maximum atomic E-state index is 2.38. The van der Waals surface area contributed by atoms with E-state index in [1.165, 1.54) is 13.1 Å². The Morgan fingerprint density at radius 1 is 0.929 bits per heavy atom. The van der Waals surface area contributed by atoms with Crippen LogP contribution in [0.1, 0.15) is 27.7 Å². The van der Waals surface area contributed by atoms with Gasteiger partial charge in [0.15, 0.2) is 0 Å². The molecule has 3 heteroatoms. The highest BCUT2D eigenvalue weighted by Gasteiger charge is 2.13. The molecule has 0 aromatic rings. The van der Waals surface area contributed by atoms with Gasteiger partial charge in [-0.3, -0.25) is 0 Å². The molecular weight excluding hydrogens is 240 g/mol. The van der Waals surface area contributed by atoms with Crippen LogP contribution in [-0.4, -0.2) is 29.6 Å². The Labute approximate surface area is 98.7 Å². The smallest absolute Gasteiger partial charge is 0.0893 e. The summed E-state index contributed by atoms with van der Waals surface area (Å²) >= 11 is 0. The highest BCUT2D eigenvalue weighted by molar-refractivity contribution is 8.93. The van der Waals surface area contributed by atoms with Crippen LogP contribution in [-0.2, 0) is 0 Å². The van der Waals surface area contributed by atoms with Crippen LogP contribution >= 0.6 is 17.0 Å². The topological polar surface area (TPSA) is 6.48 Å². The zero-order valence-corrected chi connectivity index (χ0v) is 11.4. The van der Waals surface area contributed by atoms with E-state index in [4.69, 9.17) is 0 Å². The van der Waals surface area contributed by atoms with E-state index < -0.39 is 0 Å². The average Bonchev–Trinajstić information content (AvgIpc) is 2.33. The minimum absolute atomic E-state index is 0. The molecule has 0 fully saturated rings. The lowest BCUT2D eigenvalue weighted by Gasteiger charge is -2.23. The number of rotatable bonds is 4. The van der Waals surface area contributed by atoms with E-state index in [1.54, 1.807) is 0 Å². The van der Waals surface area contributed by atoms with E-state index in [0.29, 0.717) is 0 Å². The van der Waals surface area contributed by atoms with Gasteiger partial charge in [-0.15, -0.1) is 17.0 Å². The third-order valence-corrected chi connectivity index (χ3v) is 2.05. The molecule has 1 rings (SSSR count). The number of halogens is 1. The van der Waals surface area contributed by atoms with Gasteiger partial charge in [-0.25, -0.2) is 0 Å². The average molecular weight is 263 g/mol. The summed E-state index contributed by atoms with van der Waals surface area (Å²) in [4.78, 5) is 4.76. The van der Waals surface area contributed by atoms with Gasteiger partial charge in [0.1, 0.15) is 0 Å². The van der Waals surface area contributed by atoms with E-state index in [0.717, 1.165) is 18.5 Å². The Morgan fingerprint density at radius 3 is 1.57 bits per heavy atom. The summed E-state index contributed by atoms with van der Waals surface area (Å²) in [5.74, 6) is 1.51. The van der Waals surface area contributed by atoms with E-state index in [-0.39, 0.29) is 17.0 Å². The van der Waals surface area contributed by atoms with E-state index in [9.17, 15) is 0 Å². The van der Waals surface area contributed by atoms with Crippen LogP contribution < -0.4 is 0 Å². The molecule has 14 heavy (non-hydrogen) atoms. The van der Waals surface area contributed by atoms with Crippen molar-refractivity contribution < 1.29 is 0 Å². The summed E-state index contributed by atoms with van der Waals surface area (Å²) in [5.41, 5.74) is 0. The first-order chi connectivity index (χ1) is 6.08. The summed E-state index contributed by atoms with van der Waals surface area (Å²) in [6, 6.07) is 0. The van der Waals surface area contributed by atoms with Gasteiger partial charge in [0.2, 0.25) is 0 Å². The van der Waals surface area contributed by atoms with E-state index in [2.05, 4.69) is 49.9 Å². The molecule has 0 saturated carbocycles. The maximum Gasteiger partial charge on any atom is 0.0893 e. The third kappa shape index (κ3) is 4.89. The van der Waals surface area contributed by atoms with Gasteiger partial charge in [-0.2, -0.15) is 0 Å². The van der Waals surface area contributed by atoms with Crippen molar-refractivity contribution >= 4 is 17.0 Å². The highest BCUT2D eigenvalue weighted by atomic mass is 79.9. The van der Waals surface area contributed by atoms with Crippen molar-refractivity contribution in [2.75, 3.05) is 19.8 Å². The zero-order valence-electron chi connectivity index (χ0n) is 9.73. The fraction of sp³-hybridized carbons (Fsp3) is 0.818. The van der Waals surface area contributed by atoms with Gasteiger partial charge in [0.25, 0.3) is 0 Å². The Bertz CT molecular complexity index is 160. The Morgan fingerprint density at radius 2 is 1.29 bits per heavy atom. The third-order valence-electron chi connectivity index (χ3n) is 2.05. The van der Waals surface area contributed by atoms with Crippen molar-refractivity contribution in [3.63, 3.8) is 0 Å². The standard InChI is InChI=1S/C11H22N2.BrH/c1-10(2)7-12-5-6-13(9-12)8-11(3)4;/h5-6,10-11H,7-9H2,1-4H3;1H. The first-order valence-electron chi connectivity index (χ1n) is 5.24. The lowest BCUT2D eigenvalue weighted by molar-refractivity contribution is 0.231. The van der Waals surface area contributed by atoms with Crippen molar-refractivity contribution in [1.82, 2.24) is 9.80 Å². The first kappa shape index (κ1) is 13.8. The molecule has 84 valence electrons. The number of hydrogen-bond donors (Lipinski definition) is 0. The van der Waals surface area contributed by atoms with Gasteiger partial charge < -0.3 is 9.80 Å². The summed E-state index contributed by atoms with van der Waals surface area (Å²) in [5, 5.41) is 0. The molecule has 0 saturated heterocycles. The molecule has 0 aromatic carbocycles. The highest BCUT2D eigenvalue weighted by Crippen LogP contribution is 2.10. The van der Waals surface area contributed by atoms with E-state index >= 15 is 0 Å². The summed E-state index contributed by atoms with van der Waals surface area (Å²) < 4.78 is 0. The summed E-state index contributed by atoms with van der Waals surface area (Å²) in [7, 11) is 0. The van der Waals surface area contributed by atoms with Crippen molar-refractivity contribution in [2.45, 2.75) is 27.7 Å². The molecular formula is C11H23BrN2. The molecule has 1 heterocycles. The molecule has 0 radical (unpaired) electrons. The van der Waals surface area contributed by atoms with E-state index in [1.807, 2.05) is 0 Å². The second-order valence-corrected chi connectivity index (χ2v) is 4.77. The zero-order chi connectivity index (χ0) is 9.84. The predicted octanol–water partition coefficient (Wildman–Crippen LogP) is 2.92. The molecule has 0 N–H and O–H groups in total. The second kappa shape index (κ2) is 6.33. The van der Waals surface area contributed by atoms with Crippen LogP contribution in [0, 0.1) is 11.8 Å². The summed E-state index contributed by atoms with van der Waals surface area (Å²) in [6.07, 6.45) is 4.42. The van der Waals surface area contributed by atoms with Crippen LogP contribution in [0.2, 0.25) is 0 Å². The Balaban J connectivity index is 0.00000169. The normalized spacial score (nSPS) is 15.6. The van der Waals surface area contributed by atoms with Crippen molar-refractivity contribution in [3.8, 4) is 0 Å². The predicted molar refractivity (Wildman–Crippen MR) is 67.4 cm³/mol. The number of hydrogen-bond acceptors (Lipinski definition) is 2. The molecule has 0 spiro atoms. The minimum atomic E-state index is 0. The molecule has 0 amide bonds. The second-order valence-electron chi connectivity index (χ2n) is 4.77. The SMILES string of the molecule is Br.CC(C)CN1C=CN(CC(C)C)C1. The Kier molecular flexibility index (Phi) is 6.25. The molecule has 2 nitrogen and oxygen atoms in total. The largest absolute Gasteiger partial charge is 0.358 e. The minimum Gasteiger partial charge on any atom is -0.358 e. The van der Waals surface area contributed by atoms with Gasteiger partial charge in [0.05, 0.1) is 6.67 Å². The van der Waals surface area contributed by atoms with Gasteiger partial charge in [-0.1, -0.05) is 27.7 Å². The van der Waals surface area contributed by atoms with Crippen LogP contribution in [0.3, 0.4) is 0 Å². The van der Waals surface area contributed by atoms with Gasteiger partial charge >= 0.3 is 0 Å². The lowest BCUT2D eigenvalue weighted by atomic mass is 10.2. The maximum absolute atomic E-state index is 2.38. The van der Waals surface area contributed by atoms with Gasteiger partial charge in [-0.05, 0) is 11.8 Å². The Hall–Kier alpha value is -0.180. The van der Waals surface area contributed by atoms with Crippen molar-refractivity contribution in [1.29, 1.82) is 0 Å². The van der Waals surface area contributed by atoms with Gasteiger partial charge in [0, 0.05) is 25.5 Å². The molecule has 0 aromatic heterocycles. The molecule has 0 atom stereocenters. The molecule has 0 aliphatic carbocycles.